The summed E-state index contributed by atoms with van der Waals surface area (Å²) in [5.41, 5.74) is 10.8. The Bertz CT molecular complexity index is 1560. The van der Waals surface area contributed by atoms with Gasteiger partial charge in [0.1, 0.15) is 11.9 Å². The van der Waals surface area contributed by atoms with E-state index in [1.54, 1.807) is 12.3 Å². The number of hydrogen-bond acceptors (Lipinski definition) is 7. The number of rotatable bonds is 4. The molecule has 10 heteroatoms. The second kappa shape index (κ2) is 9.50. The van der Waals surface area contributed by atoms with Crippen molar-refractivity contribution in [2.75, 3.05) is 18.0 Å². The zero-order valence-electron chi connectivity index (χ0n) is 19.9. The van der Waals surface area contributed by atoms with Gasteiger partial charge in [-0.05, 0) is 54.5 Å². The second-order valence-electron chi connectivity index (χ2n) is 9.62. The summed E-state index contributed by atoms with van der Waals surface area (Å²) in [6.07, 6.45) is 6.20. The van der Waals surface area contributed by atoms with E-state index in [0.717, 1.165) is 54.3 Å². The van der Waals surface area contributed by atoms with Gasteiger partial charge in [0.15, 0.2) is 5.65 Å². The molecule has 4 aromatic rings. The van der Waals surface area contributed by atoms with Crippen LogP contribution in [0, 0.1) is 16.7 Å². The maximum Gasteiger partial charge on any atom is 0.154 e. The minimum absolute atomic E-state index is 0.0156. The maximum absolute atomic E-state index is 10.1. The molecule has 1 aliphatic heterocycles. The maximum atomic E-state index is 10.1. The van der Waals surface area contributed by atoms with Crippen molar-refractivity contribution in [2.24, 2.45) is 11.1 Å². The number of hydrogen-bond donors (Lipinski definition) is 2. The Hall–Kier alpha value is -2.80. The molecule has 6 rings (SSSR count). The predicted octanol–water partition coefficient (Wildman–Crippen LogP) is 5.39. The van der Waals surface area contributed by atoms with Crippen LogP contribution in [-0.4, -0.2) is 32.6 Å². The number of anilines is 1. The van der Waals surface area contributed by atoms with Crippen LogP contribution >= 0.6 is 35.0 Å². The molecule has 1 saturated heterocycles. The summed E-state index contributed by atoms with van der Waals surface area (Å²) in [6, 6.07) is 13.7. The number of benzene rings is 1. The van der Waals surface area contributed by atoms with Gasteiger partial charge in [0.2, 0.25) is 0 Å². The van der Waals surface area contributed by atoms with Gasteiger partial charge < -0.3 is 15.7 Å². The average molecular weight is 552 g/mol. The molecule has 3 N–H and O–H groups in total. The van der Waals surface area contributed by atoms with Crippen LogP contribution in [0.5, 0.6) is 0 Å². The highest BCUT2D eigenvalue weighted by Gasteiger charge is 2.46. The van der Waals surface area contributed by atoms with Gasteiger partial charge in [-0.1, -0.05) is 47.1 Å². The first-order valence-corrected chi connectivity index (χ1v) is 13.6. The number of nitrogens with two attached hydrogens (primary N) is 1. The third kappa shape index (κ3) is 3.97. The number of nitriles is 1. The van der Waals surface area contributed by atoms with Crippen molar-refractivity contribution < 1.29 is 5.11 Å². The minimum atomic E-state index is -0.175. The van der Waals surface area contributed by atoms with Crippen LogP contribution in [-0.2, 0) is 13.0 Å². The quantitative estimate of drug-likeness (QED) is 0.350. The number of imidazole rings is 1. The van der Waals surface area contributed by atoms with Crippen LogP contribution in [0.3, 0.4) is 0 Å². The Morgan fingerprint density at radius 3 is 2.73 bits per heavy atom. The monoisotopic (exact) mass is 550 g/mol. The molecular weight excluding hydrogens is 527 g/mol. The Balaban J connectivity index is 1.37. The van der Waals surface area contributed by atoms with Crippen LogP contribution in [0.1, 0.15) is 41.4 Å². The number of aliphatic hydroxyl groups is 1. The molecule has 1 aromatic carbocycles. The third-order valence-corrected chi connectivity index (χ3v) is 9.82. The highest BCUT2D eigenvalue weighted by Crippen LogP contribution is 2.51. The summed E-state index contributed by atoms with van der Waals surface area (Å²) in [5, 5.41) is 21.1. The van der Waals surface area contributed by atoms with Gasteiger partial charge in [0, 0.05) is 35.9 Å². The van der Waals surface area contributed by atoms with E-state index in [1.165, 1.54) is 11.8 Å². The minimum Gasteiger partial charge on any atom is -0.390 e. The summed E-state index contributed by atoms with van der Waals surface area (Å²) in [6.45, 7) is 1.38. The van der Waals surface area contributed by atoms with Gasteiger partial charge in [-0.15, -0.1) is 0 Å². The van der Waals surface area contributed by atoms with Gasteiger partial charge in [0.05, 0.1) is 39.0 Å². The zero-order chi connectivity index (χ0) is 25.7. The molecule has 1 fully saturated rings. The lowest BCUT2D eigenvalue weighted by molar-refractivity contribution is 0.186. The van der Waals surface area contributed by atoms with Crippen LogP contribution in [0.4, 0.5) is 5.82 Å². The van der Waals surface area contributed by atoms with E-state index in [1.807, 2.05) is 34.9 Å². The van der Waals surface area contributed by atoms with E-state index < -0.39 is 0 Å². The van der Waals surface area contributed by atoms with Gasteiger partial charge in [-0.2, -0.15) is 5.26 Å². The first-order valence-electron chi connectivity index (χ1n) is 12.1. The second-order valence-corrected chi connectivity index (χ2v) is 11.5. The lowest BCUT2D eigenvalue weighted by atomic mass is 9.73. The molecule has 4 heterocycles. The first kappa shape index (κ1) is 24.5. The standard InChI is InChI=1S/C27H24Cl2N6OS/c28-19-4-1-5-21(23(19)29)37-24-16(13-30)11-22(35-17(15-36)14-33-26(24)35)34-9-6-27(7-10-34)12-20-18(25(27)31)3-2-8-32-20/h1-5,8,11,14,25,36H,6-7,9-10,12,15,31H2/t25-/m1/s1. The van der Waals surface area contributed by atoms with Crippen molar-refractivity contribution in [3.63, 3.8) is 0 Å². The van der Waals surface area contributed by atoms with Crippen LogP contribution in [0.2, 0.25) is 10.0 Å². The van der Waals surface area contributed by atoms with E-state index >= 15 is 0 Å². The van der Waals surface area contributed by atoms with Gasteiger partial charge >= 0.3 is 0 Å². The summed E-state index contributed by atoms with van der Waals surface area (Å²) in [7, 11) is 0. The largest absolute Gasteiger partial charge is 0.390 e. The number of halogens is 2. The van der Waals surface area contributed by atoms with Crippen LogP contribution in [0.15, 0.2) is 58.6 Å². The van der Waals surface area contributed by atoms with E-state index in [9.17, 15) is 10.4 Å². The fraction of sp³-hybridized carbons (Fsp3) is 0.296. The molecule has 0 unspecified atom stereocenters. The van der Waals surface area contributed by atoms with Crippen molar-refractivity contribution in [2.45, 2.75) is 41.7 Å². The molecule has 0 saturated carbocycles. The summed E-state index contributed by atoms with van der Waals surface area (Å²) < 4.78 is 1.95. The highest BCUT2D eigenvalue weighted by molar-refractivity contribution is 7.99. The number of pyridine rings is 2. The average Bonchev–Trinajstić information content (AvgIpc) is 3.47. The Morgan fingerprint density at radius 2 is 2.00 bits per heavy atom. The third-order valence-electron chi connectivity index (χ3n) is 7.72. The molecule has 0 amide bonds. The van der Waals surface area contributed by atoms with Crippen molar-refractivity contribution in [3.05, 3.63) is 81.4 Å². The molecule has 2 aliphatic rings. The van der Waals surface area contributed by atoms with E-state index in [-0.39, 0.29) is 18.1 Å². The van der Waals surface area contributed by atoms with Crippen molar-refractivity contribution in [1.29, 1.82) is 5.26 Å². The Labute approximate surface area is 228 Å². The lowest BCUT2D eigenvalue weighted by Crippen LogP contribution is -2.45. The summed E-state index contributed by atoms with van der Waals surface area (Å²) in [5.74, 6) is 0.840. The number of nitrogens with zero attached hydrogens (tertiary/aromatic N) is 5. The molecule has 0 bridgehead atoms. The normalized spacial score (nSPS) is 18.4. The van der Waals surface area contributed by atoms with Crippen LogP contribution in [0.25, 0.3) is 5.65 Å². The molecule has 7 nitrogen and oxygen atoms in total. The number of aliphatic hydroxyl groups excluding tert-OH is 1. The summed E-state index contributed by atoms with van der Waals surface area (Å²) >= 11 is 14.0. The van der Waals surface area contributed by atoms with E-state index in [2.05, 4.69) is 27.0 Å². The molecule has 1 aliphatic carbocycles. The molecule has 1 spiro atoms. The number of fused-ring (bicyclic) bond motifs is 2. The van der Waals surface area contributed by atoms with Crippen molar-refractivity contribution in [1.82, 2.24) is 14.4 Å². The smallest absolute Gasteiger partial charge is 0.154 e. The fourth-order valence-corrected chi connectivity index (χ4v) is 7.20. The molecule has 3 aromatic heterocycles. The van der Waals surface area contributed by atoms with E-state index in [0.29, 0.717) is 31.8 Å². The number of piperidine rings is 1. The molecule has 0 radical (unpaired) electrons. The Morgan fingerprint density at radius 1 is 1.19 bits per heavy atom. The highest BCUT2D eigenvalue weighted by atomic mass is 35.5. The summed E-state index contributed by atoms with van der Waals surface area (Å²) in [4.78, 5) is 12.9. The van der Waals surface area contributed by atoms with Gasteiger partial charge in [0.25, 0.3) is 0 Å². The predicted molar refractivity (Wildman–Crippen MR) is 145 cm³/mol. The van der Waals surface area contributed by atoms with Gasteiger partial charge in [-0.3, -0.25) is 9.38 Å². The van der Waals surface area contributed by atoms with Gasteiger partial charge in [-0.25, -0.2) is 4.98 Å². The van der Waals surface area contributed by atoms with Crippen molar-refractivity contribution >= 4 is 46.4 Å². The Kier molecular flexibility index (Phi) is 6.30. The fourth-order valence-electron chi connectivity index (χ4n) is 5.71. The molecule has 1 atom stereocenters. The molecular formula is C27H24Cl2N6OS. The first-order chi connectivity index (χ1) is 18.0. The van der Waals surface area contributed by atoms with Crippen molar-refractivity contribution in [3.8, 4) is 6.07 Å². The number of aromatic nitrogens is 3. The zero-order valence-corrected chi connectivity index (χ0v) is 22.2. The molecule has 37 heavy (non-hydrogen) atoms. The topological polar surface area (TPSA) is 103 Å². The lowest BCUT2D eigenvalue weighted by Gasteiger charge is -2.43. The molecule has 188 valence electrons. The van der Waals surface area contributed by atoms with Crippen LogP contribution < -0.4 is 10.6 Å². The SMILES string of the molecule is N#Cc1cc(N2CCC3(CC2)Cc2ncccc2[C@H]3N)n2c(CO)cnc2c1Sc1cccc(Cl)c1Cl. The van der Waals surface area contributed by atoms with E-state index in [4.69, 9.17) is 28.9 Å².